The van der Waals surface area contributed by atoms with Gasteiger partial charge in [-0.05, 0) is 36.8 Å². The lowest BCUT2D eigenvalue weighted by atomic mass is 9.63. The van der Waals surface area contributed by atoms with E-state index in [1.165, 1.54) is 12.0 Å². The van der Waals surface area contributed by atoms with E-state index in [1.54, 1.807) is 25.3 Å². The molecule has 1 aliphatic heterocycles. The molecule has 120 valence electrons. The molecule has 4 atom stereocenters. The molecule has 1 saturated heterocycles. The van der Waals surface area contributed by atoms with Crippen LogP contribution in [0.5, 0.6) is 11.5 Å². The van der Waals surface area contributed by atoms with Gasteiger partial charge in [0.2, 0.25) is 11.8 Å². The molecule has 1 saturated carbocycles. The molecule has 23 heavy (non-hydrogen) atoms. The minimum Gasteiger partial charge on any atom is -0.497 e. The zero-order valence-electron chi connectivity index (χ0n) is 13.2. The first-order chi connectivity index (χ1) is 11.2. The quantitative estimate of drug-likeness (QED) is 0.635. The number of hydrogen-bond donors (Lipinski definition) is 0. The summed E-state index contributed by atoms with van der Waals surface area (Å²) in [5.74, 6) is 0.815. The maximum Gasteiger partial charge on any atom is 0.238 e. The first-order valence-corrected chi connectivity index (χ1v) is 7.94. The molecule has 0 spiro atoms. The van der Waals surface area contributed by atoms with Crippen molar-refractivity contribution >= 4 is 17.5 Å². The average molecular weight is 313 g/mol. The van der Waals surface area contributed by atoms with Gasteiger partial charge in [0.05, 0.1) is 31.7 Å². The van der Waals surface area contributed by atoms with E-state index in [4.69, 9.17) is 9.47 Å². The highest BCUT2D eigenvalue weighted by Gasteiger charge is 2.57. The molecule has 2 amide bonds. The molecule has 3 aliphatic carbocycles. The lowest BCUT2D eigenvalue weighted by molar-refractivity contribution is -0.124. The van der Waals surface area contributed by atoms with Crippen molar-refractivity contribution in [3.8, 4) is 11.5 Å². The molecule has 1 aromatic carbocycles. The van der Waals surface area contributed by atoms with Gasteiger partial charge < -0.3 is 9.47 Å². The number of amides is 2. The number of rotatable bonds is 3. The first kappa shape index (κ1) is 14.3. The Labute approximate surface area is 134 Å². The summed E-state index contributed by atoms with van der Waals surface area (Å²) in [4.78, 5) is 27.3. The highest BCUT2D eigenvalue weighted by atomic mass is 16.5. The van der Waals surface area contributed by atoms with Crippen molar-refractivity contribution in [1.29, 1.82) is 0 Å². The molecular formula is C18H19NO4. The normalized spacial score (nSPS) is 31.5. The Morgan fingerprint density at radius 2 is 1.57 bits per heavy atom. The lowest BCUT2D eigenvalue weighted by Gasteiger charge is -2.38. The minimum atomic E-state index is -0.220. The first-order valence-electron chi connectivity index (χ1n) is 7.94. The van der Waals surface area contributed by atoms with Gasteiger partial charge in [-0.2, -0.15) is 0 Å². The number of nitrogens with zero attached hydrogens (tertiary/aromatic N) is 1. The van der Waals surface area contributed by atoms with Crippen LogP contribution in [-0.2, 0) is 9.59 Å². The fraction of sp³-hybridized carbons (Fsp3) is 0.444. The van der Waals surface area contributed by atoms with Crippen molar-refractivity contribution in [2.75, 3.05) is 19.1 Å². The standard InChI is InChI=1S/C18H19NO4/c1-22-12-7-8-14(23-2)13(9-12)19-17(20)15-10-3-4-11(6-5-10)16(15)18(19)21/h3-4,7-11,15-16H,5-6H2,1-2H3/t10-,11-,15-,16+/m0/s1. The van der Waals surface area contributed by atoms with Crippen LogP contribution in [0.25, 0.3) is 0 Å². The number of benzene rings is 1. The Morgan fingerprint density at radius 3 is 2.04 bits per heavy atom. The monoisotopic (exact) mass is 313 g/mol. The second-order valence-corrected chi connectivity index (χ2v) is 6.39. The number of carbonyl (C=O) groups excluding carboxylic acids is 2. The van der Waals surface area contributed by atoms with Gasteiger partial charge in [-0.1, -0.05) is 12.2 Å². The largest absolute Gasteiger partial charge is 0.497 e. The van der Waals surface area contributed by atoms with E-state index >= 15 is 0 Å². The van der Waals surface area contributed by atoms with E-state index in [2.05, 4.69) is 12.2 Å². The zero-order valence-corrected chi connectivity index (χ0v) is 13.2. The molecule has 1 aromatic rings. The van der Waals surface area contributed by atoms with Crippen molar-refractivity contribution in [3.05, 3.63) is 30.4 Å². The summed E-state index contributed by atoms with van der Waals surface area (Å²) in [5.41, 5.74) is 0.482. The van der Waals surface area contributed by atoms with Crippen LogP contribution >= 0.6 is 0 Å². The van der Waals surface area contributed by atoms with E-state index in [-0.39, 0.29) is 35.5 Å². The molecule has 4 aliphatic rings. The third-order valence-corrected chi connectivity index (χ3v) is 5.39. The Balaban J connectivity index is 1.79. The summed E-state index contributed by atoms with van der Waals surface area (Å²) in [7, 11) is 3.10. The van der Waals surface area contributed by atoms with Crippen molar-refractivity contribution in [3.63, 3.8) is 0 Å². The molecule has 5 heteroatoms. The summed E-state index contributed by atoms with van der Waals surface area (Å²) in [5, 5.41) is 0. The summed E-state index contributed by atoms with van der Waals surface area (Å²) < 4.78 is 10.6. The second kappa shape index (κ2) is 5.11. The molecule has 0 unspecified atom stereocenters. The fourth-order valence-electron chi connectivity index (χ4n) is 4.28. The smallest absolute Gasteiger partial charge is 0.238 e. The zero-order chi connectivity index (χ0) is 16.1. The maximum atomic E-state index is 13.0. The summed E-state index contributed by atoms with van der Waals surface area (Å²) >= 11 is 0. The van der Waals surface area contributed by atoms with Crippen LogP contribution in [0, 0.1) is 23.7 Å². The predicted molar refractivity (Wildman–Crippen MR) is 84.4 cm³/mol. The van der Waals surface area contributed by atoms with Crippen molar-refractivity contribution in [1.82, 2.24) is 0 Å². The van der Waals surface area contributed by atoms with Gasteiger partial charge in [0.1, 0.15) is 11.5 Å². The Bertz CT molecular complexity index is 679. The van der Waals surface area contributed by atoms with Crippen LogP contribution in [0.1, 0.15) is 12.8 Å². The molecule has 0 N–H and O–H groups in total. The van der Waals surface area contributed by atoms with Gasteiger partial charge in [0.15, 0.2) is 0 Å². The van der Waals surface area contributed by atoms with Crippen LogP contribution in [0.15, 0.2) is 30.4 Å². The molecule has 0 aromatic heterocycles. The van der Waals surface area contributed by atoms with E-state index in [0.717, 1.165) is 12.8 Å². The third-order valence-electron chi connectivity index (χ3n) is 5.39. The van der Waals surface area contributed by atoms with Crippen molar-refractivity contribution in [2.45, 2.75) is 12.8 Å². The van der Waals surface area contributed by atoms with Crippen LogP contribution in [0.2, 0.25) is 0 Å². The van der Waals surface area contributed by atoms with Gasteiger partial charge in [-0.15, -0.1) is 0 Å². The van der Waals surface area contributed by atoms with Gasteiger partial charge in [-0.25, -0.2) is 4.90 Å². The van der Waals surface area contributed by atoms with Crippen molar-refractivity contribution < 1.29 is 19.1 Å². The maximum absolute atomic E-state index is 13.0. The molecule has 2 bridgehead atoms. The highest BCUT2D eigenvalue weighted by molar-refractivity contribution is 6.23. The average Bonchev–Trinajstić information content (AvgIpc) is 2.88. The number of anilines is 1. The van der Waals surface area contributed by atoms with Gasteiger partial charge >= 0.3 is 0 Å². The number of fused-ring (bicyclic) bond motifs is 1. The van der Waals surface area contributed by atoms with Crippen LogP contribution in [-0.4, -0.2) is 26.0 Å². The fourth-order valence-corrected chi connectivity index (χ4v) is 4.28. The SMILES string of the molecule is COc1ccc(OC)c(N2C(=O)[C@@H]3[C@H](C2=O)[C@H]2C=C[C@H]3CC2)c1. The van der Waals surface area contributed by atoms with Gasteiger partial charge in [0.25, 0.3) is 0 Å². The third kappa shape index (κ3) is 1.92. The molecule has 0 radical (unpaired) electrons. The van der Waals surface area contributed by atoms with E-state index in [1.807, 2.05) is 0 Å². The van der Waals surface area contributed by atoms with E-state index in [0.29, 0.717) is 17.2 Å². The number of hydrogen-bond acceptors (Lipinski definition) is 4. The topological polar surface area (TPSA) is 55.8 Å². The predicted octanol–water partition coefficient (Wildman–Crippen LogP) is 2.41. The van der Waals surface area contributed by atoms with Crippen LogP contribution in [0.4, 0.5) is 5.69 Å². The van der Waals surface area contributed by atoms with E-state index < -0.39 is 0 Å². The number of imide groups is 1. The summed E-state index contributed by atoms with van der Waals surface area (Å²) in [6.45, 7) is 0. The number of ether oxygens (including phenoxy) is 2. The number of allylic oxidation sites excluding steroid dienone is 2. The van der Waals surface area contributed by atoms with E-state index in [9.17, 15) is 9.59 Å². The molecule has 1 heterocycles. The summed E-state index contributed by atoms with van der Waals surface area (Å²) in [6.07, 6.45) is 6.22. The molecule has 5 nitrogen and oxygen atoms in total. The van der Waals surface area contributed by atoms with Gasteiger partial charge in [0, 0.05) is 6.07 Å². The van der Waals surface area contributed by atoms with Gasteiger partial charge in [-0.3, -0.25) is 9.59 Å². The molecule has 5 rings (SSSR count). The summed E-state index contributed by atoms with van der Waals surface area (Å²) in [6, 6.07) is 5.18. The van der Waals surface area contributed by atoms with Crippen LogP contribution < -0.4 is 14.4 Å². The Morgan fingerprint density at radius 1 is 0.957 bits per heavy atom. The molecular weight excluding hydrogens is 294 g/mol. The van der Waals surface area contributed by atoms with Crippen molar-refractivity contribution in [2.24, 2.45) is 23.7 Å². The number of methoxy groups -OCH3 is 2. The number of carbonyl (C=O) groups is 2. The lowest BCUT2D eigenvalue weighted by Crippen LogP contribution is -2.38. The molecule has 2 fully saturated rings. The van der Waals surface area contributed by atoms with Crippen LogP contribution in [0.3, 0.4) is 0 Å². The Hall–Kier alpha value is -2.30. The minimum absolute atomic E-state index is 0.106. The Kier molecular flexibility index (Phi) is 3.18. The highest BCUT2D eigenvalue weighted by Crippen LogP contribution is 2.51. The second-order valence-electron chi connectivity index (χ2n) is 6.39.